The monoisotopic (exact) mass is 206 g/mol. The molecule has 0 fully saturated rings. The summed E-state index contributed by atoms with van der Waals surface area (Å²) in [4.78, 5) is 0. The summed E-state index contributed by atoms with van der Waals surface area (Å²) in [7, 11) is 0. The van der Waals surface area contributed by atoms with Crippen LogP contribution in [-0.4, -0.2) is 11.4 Å². The van der Waals surface area contributed by atoms with Crippen LogP contribution >= 0.6 is 23.2 Å². The Morgan fingerprint density at radius 2 is 1.75 bits per heavy atom. The van der Waals surface area contributed by atoms with Crippen LogP contribution in [0.4, 0.5) is 0 Å². The van der Waals surface area contributed by atoms with Crippen molar-refractivity contribution in [1.82, 2.24) is 0 Å². The lowest BCUT2D eigenvalue weighted by atomic mass is 10.3. The molecule has 0 radical (unpaired) electrons. The van der Waals surface area contributed by atoms with E-state index < -0.39 is 6.29 Å². The maximum atomic E-state index is 8.88. The number of hydrogen-bond donors (Lipinski definition) is 1. The molecular formula is C8H8Cl2O2. The molecule has 0 saturated heterocycles. The second kappa shape index (κ2) is 3.99. The zero-order valence-corrected chi connectivity index (χ0v) is 7.93. The molecule has 2 nitrogen and oxygen atoms in total. The Kier molecular flexibility index (Phi) is 3.20. The van der Waals surface area contributed by atoms with E-state index in [1.807, 2.05) is 0 Å². The first-order valence-corrected chi connectivity index (χ1v) is 4.14. The van der Waals surface area contributed by atoms with E-state index in [2.05, 4.69) is 0 Å². The topological polar surface area (TPSA) is 29.5 Å². The molecule has 0 aliphatic heterocycles. The number of aliphatic hydroxyl groups excluding tert-OH is 1. The number of hydrogen-bond acceptors (Lipinski definition) is 2. The number of benzene rings is 1. The first-order valence-electron chi connectivity index (χ1n) is 3.39. The van der Waals surface area contributed by atoms with Crippen LogP contribution < -0.4 is 4.74 Å². The lowest BCUT2D eigenvalue weighted by Crippen LogP contribution is -2.09. The molecule has 0 aliphatic carbocycles. The summed E-state index contributed by atoms with van der Waals surface area (Å²) < 4.78 is 4.96. The number of halogens is 2. The molecule has 1 aromatic rings. The van der Waals surface area contributed by atoms with Gasteiger partial charge in [-0.15, -0.1) is 0 Å². The van der Waals surface area contributed by atoms with E-state index in [0.29, 0.717) is 15.8 Å². The maximum absolute atomic E-state index is 8.88. The Bertz CT molecular complexity index is 254. The van der Waals surface area contributed by atoms with E-state index in [4.69, 9.17) is 33.0 Å². The largest absolute Gasteiger partial charge is 0.465 e. The standard InChI is InChI=1S/C8H8Cl2O2/c1-5(11)12-8-3-6(9)2-7(10)4-8/h2-5,11H,1H3. The summed E-state index contributed by atoms with van der Waals surface area (Å²) in [6, 6.07) is 4.76. The Labute approximate surface area is 80.7 Å². The van der Waals surface area contributed by atoms with Crippen molar-refractivity contribution in [2.75, 3.05) is 0 Å². The van der Waals surface area contributed by atoms with Gasteiger partial charge in [0.25, 0.3) is 0 Å². The molecular weight excluding hydrogens is 199 g/mol. The fourth-order valence-electron chi connectivity index (χ4n) is 0.794. The average Bonchev–Trinajstić information content (AvgIpc) is 1.81. The van der Waals surface area contributed by atoms with Crippen molar-refractivity contribution >= 4 is 23.2 Å². The number of ether oxygens (including phenoxy) is 1. The fourth-order valence-corrected chi connectivity index (χ4v) is 1.30. The van der Waals surface area contributed by atoms with Crippen LogP contribution in [-0.2, 0) is 0 Å². The Balaban J connectivity index is 2.85. The minimum atomic E-state index is -0.862. The highest BCUT2D eigenvalue weighted by atomic mass is 35.5. The van der Waals surface area contributed by atoms with Crippen LogP contribution in [0.3, 0.4) is 0 Å². The van der Waals surface area contributed by atoms with Gasteiger partial charge in [0.1, 0.15) is 5.75 Å². The highest BCUT2D eigenvalue weighted by molar-refractivity contribution is 6.34. The van der Waals surface area contributed by atoms with E-state index >= 15 is 0 Å². The molecule has 1 N–H and O–H groups in total. The van der Waals surface area contributed by atoms with Crippen molar-refractivity contribution in [3.63, 3.8) is 0 Å². The van der Waals surface area contributed by atoms with E-state index in [-0.39, 0.29) is 0 Å². The summed E-state index contributed by atoms with van der Waals surface area (Å²) in [5, 5.41) is 9.85. The second-order valence-electron chi connectivity index (χ2n) is 2.32. The molecule has 1 atom stereocenters. The predicted molar refractivity (Wildman–Crippen MR) is 48.8 cm³/mol. The molecule has 0 bridgehead atoms. The minimum Gasteiger partial charge on any atom is -0.465 e. The molecule has 12 heavy (non-hydrogen) atoms. The van der Waals surface area contributed by atoms with Crippen LogP contribution in [0.1, 0.15) is 6.92 Å². The van der Waals surface area contributed by atoms with E-state index in [1.54, 1.807) is 18.2 Å². The van der Waals surface area contributed by atoms with Gasteiger partial charge in [-0.2, -0.15) is 0 Å². The van der Waals surface area contributed by atoms with Crippen LogP contribution in [0.2, 0.25) is 10.0 Å². The average molecular weight is 207 g/mol. The molecule has 0 amide bonds. The fraction of sp³-hybridized carbons (Fsp3) is 0.250. The third-order valence-electron chi connectivity index (χ3n) is 1.14. The van der Waals surface area contributed by atoms with Crippen molar-refractivity contribution in [3.8, 4) is 5.75 Å². The molecule has 0 aromatic heterocycles. The molecule has 1 aromatic carbocycles. The van der Waals surface area contributed by atoms with Crippen molar-refractivity contribution < 1.29 is 9.84 Å². The summed E-state index contributed by atoms with van der Waals surface area (Å²) in [5.74, 6) is 0.461. The predicted octanol–water partition coefficient (Wildman–Crippen LogP) is 2.71. The van der Waals surface area contributed by atoms with Gasteiger partial charge in [0, 0.05) is 10.0 Å². The zero-order valence-electron chi connectivity index (χ0n) is 6.42. The van der Waals surface area contributed by atoms with Crippen molar-refractivity contribution in [2.45, 2.75) is 13.2 Å². The van der Waals surface area contributed by atoms with Crippen molar-refractivity contribution in [3.05, 3.63) is 28.2 Å². The van der Waals surface area contributed by atoms with E-state index in [1.165, 1.54) is 6.92 Å². The third-order valence-corrected chi connectivity index (χ3v) is 1.58. The normalized spacial score (nSPS) is 12.7. The molecule has 1 rings (SSSR count). The first kappa shape index (κ1) is 9.65. The van der Waals surface area contributed by atoms with Crippen LogP contribution in [0, 0.1) is 0 Å². The lowest BCUT2D eigenvalue weighted by molar-refractivity contribution is -0.000268. The second-order valence-corrected chi connectivity index (χ2v) is 3.20. The smallest absolute Gasteiger partial charge is 0.194 e. The summed E-state index contributed by atoms with van der Waals surface area (Å²) >= 11 is 11.4. The van der Waals surface area contributed by atoms with Gasteiger partial charge in [-0.3, -0.25) is 0 Å². The summed E-state index contributed by atoms with van der Waals surface area (Å²) in [6.07, 6.45) is -0.862. The van der Waals surface area contributed by atoms with Crippen LogP contribution in [0.5, 0.6) is 5.75 Å². The molecule has 0 heterocycles. The molecule has 66 valence electrons. The van der Waals surface area contributed by atoms with Gasteiger partial charge in [0.05, 0.1) is 0 Å². The van der Waals surface area contributed by atoms with Gasteiger partial charge < -0.3 is 9.84 Å². The molecule has 0 saturated carbocycles. The zero-order chi connectivity index (χ0) is 9.14. The van der Waals surface area contributed by atoms with Gasteiger partial charge in [-0.25, -0.2) is 0 Å². The first-order chi connectivity index (χ1) is 5.58. The lowest BCUT2D eigenvalue weighted by Gasteiger charge is -2.08. The van der Waals surface area contributed by atoms with Gasteiger partial charge in [-0.1, -0.05) is 23.2 Å². The van der Waals surface area contributed by atoms with Gasteiger partial charge in [-0.05, 0) is 25.1 Å². The molecule has 4 heteroatoms. The molecule has 1 unspecified atom stereocenters. The summed E-state index contributed by atoms with van der Waals surface area (Å²) in [5.41, 5.74) is 0. The highest BCUT2D eigenvalue weighted by Gasteiger charge is 2.01. The van der Waals surface area contributed by atoms with Crippen LogP contribution in [0.15, 0.2) is 18.2 Å². The van der Waals surface area contributed by atoms with Gasteiger partial charge in [0.15, 0.2) is 6.29 Å². The van der Waals surface area contributed by atoms with Crippen LogP contribution in [0.25, 0.3) is 0 Å². The highest BCUT2D eigenvalue weighted by Crippen LogP contribution is 2.24. The Morgan fingerprint density at radius 3 is 2.17 bits per heavy atom. The van der Waals surface area contributed by atoms with E-state index in [0.717, 1.165) is 0 Å². The van der Waals surface area contributed by atoms with Crippen molar-refractivity contribution in [2.24, 2.45) is 0 Å². The molecule has 0 aliphatic rings. The Hall–Kier alpha value is -0.440. The van der Waals surface area contributed by atoms with Gasteiger partial charge >= 0.3 is 0 Å². The van der Waals surface area contributed by atoms with E-state index in [9.17, 15) is 0 Å². The minimum absolute atomic E-state index is 0.461. The van der Waals surface area contributed by atoms with Crippen molar-refractivity contribution in [1.29, 1.82) is 0 Å². The SMILES string of the molecule is CC(O)Oc1cc(Cl)cc(Cl)c1. The number of aliphatic hydroxyl groups is 1. The number of rotatable bonds is 2. The summed E-state index contributed by atoms with van der Waals surface area (Å²) in [6.45, 7) is 1.51. The quantitative estimate of drug-likeness (QED) is 0.755. The Morgan fingerprint density at radius 1 is 1.25 bits per heavy atom. The third kappa shape index (κ3) is 2.89. The molecule has 0 spiro atoms. The maximum Gasteiger partial charge on any atom is 0.194 e. The van der Waals surface area contributed by atoms with Gasteiger partial charge in [0.2, 0.25) is 0 Å².